The standard InChI is InChI=1S/C24H28N2O2/c1-14-17(13-26(3)25-14)10-16-12-22-21-6-4-15-11-18(27)5-7-19(15)20(21)8-9-24(22,2)23(16)28/h5,7,10-11,13,20-22,27H,4,6,8-9,12H2,1-3H3/b16-10-/t20-,21-,22-,24-/m0/s1. The maximum Gasteiger partial charge on any atom is 0.165 e. The Balaban J connectivity index is 1.50. The van der Waals surface area contributed by atoms with Gasteiger partial charge in [0, 0.05) is 24.2 Å². The molecule has 0 amide bonds. The molecule has 1 N–H and O–H groups in total. The second-order valence-electron chi connectivity index (χ2n) is 9.30. The van der Waals surface area contributed by atoms with Gasteiger partial charge in [0.05, 0.1) is 5.69 Å². The molecule has 2 fully saturated rings. The zero-order chi connectivity index (χ0) is 19.6. The van der Waals surface area contributed by atoms with Crippen molar-refractivity contribution in [2.45, 2.75) is 51.9 Å². The van der Waals surface area contributed by atoms with Crippen LogP contribution in [0.5, 0.6) is 5.75 Å². The normalized spacial score (nSPS) is 32.9. The molecule has 0 radical (unpaired) electrons. The van der Waals surface area contributed by atoms with Crippen LogP contribution in [0.1, 0.15) is 60.9 Å². The minimum Gasteiger partial charge on any atom is -0.508 e. The van der Waals surface area contributed by atoms with Crippen LogP contribution < -0.4 is 0 Å². The maximum absolute atomic E-state index is 13.4. The number of allylic oxidation sites excluding steroid dienone is 1. The Bertz CT molecular complexity index is 1000. The van der Waals surface area contributed by atoms with E-state index in [0.29, 0.717) is 29.3 Å². The number of aryl methyl sites for hydroxylation is 3. The fraction of sp³-hybridized carbons (Fsp3) is 0.500. The minimum atomic E-state index is -0.225. The number of hydrogen-bond donors (Lipinski definition) is 1. The lowest BCUT2D eigenvalue weighted by Crippen LogP contribution is -2.42. The maximum atomic E-state index is 13.4. The molecule has 5 rings (SSSR count). The van der Waals surface area contributed by atoms with E-state index in [1.807, 2.05) is 37.0 Å². The fourth-order valence-electron chi connectivity index (χ4n) is 6.32. The molecular formula is C24H28N2O2. The molecule has 0 unspecified atom stereocenters. The molecule has 3 aliphatic rings. The Kier molecular flexibility index (Phi) is 3.84. The van der Waals surface area contributed by atoms with Crippen LogP contribution in [0.15, 0.2) is 30.0 Å². The third-order valence-corrected chi connectivity index (χ3v) is 7.73. The Morgan fingerprint density at radius 3 is 2.89 bits per heavy atom. The first kappa shape index (κ1) is 17.7. The van der Waals surface area contributed by atoms with E-state index in [1.54, 1.807) is 0 Å². The molecule has 4 atom stereocenters. The summed E-state index contributed by atoms with van der Waals surface area (Å²) in [5.74, 6) is 2.22. The number of benzene rings is 1. The van der Waals surface area contributed by atoms with Crippen molar-refractivity contribution in [3.05, 3.63) is 52.4 Å². The number of Topliss-reactive ketones (excluding diaryl/α,β-unsaturated/α-hetero) is 1. The predicted octanol–water partition coefficient (Wildman–Crippen LogP) is 4.55. The highest BCUT2D eigenvalue weighted by atomic mass is 16.3. The van der Waals surface area contributed by atoms with E-state index in [9.17, 15) is 9.90 Å². The average molecular weight is 377 g/mol. The van der Waals surface area contributed by atoms with Crippen LogP contribution >= 0.6 is 0 Å². The third kappa shape index (κ3) is 2.50. The molecule has 0 aliphatic heterocycles. The molecule has 4 nitrogen and oxygen atoms in total. The number of phenolic OH excluding ortho intramolecular Hbond substituents is 1. The van der Waals surface area contributed by atoms with Gasteiger partial charge in [0.1, 0.15) is 5.75 Å². The van der Waals surface area contributed by atoms with Crippen molar-refractivity contribution in [3.8, 4) is 5.75 Å². The fourth-order valence-corrected chi connectivity index (χ4v) is 6.32. The first-order chi connectivity index (χ1) is 13.4. The van der Waals surface area contributed by atoms with Gasteiger partial charge in [-0.3, -0.25) is 9.48 Å². The quantitative estimate of drug-likeness (QED) is 0.743. The second kappa shape index (κ2) is 6.07. The van der Waals surface area contributed by atoms with Crippen LogP contribution in [0.4, 0.5) is 0 Å². The number of phenols is 1. The number of carbonyl (C=O) groups is 1. The van der Waals surface area contributed by atoms with Gasteiger partial charge in [0.15, 0.2) is 5.78 Å². The van der Waals surface area contributed by atoms with Crippen LogP contribution in [-0.4, -0.2) is 20.7 Å². The van der Waals surface area contributed by atoms with Crippen LogP contribution in [0.3, 0.4) is 0 Å². The van der Waals surface area contributed by atoms with Crippen molar-refractivity contribution in [2.24, 2.45) is 24.3 Å². The first-order valence-corrected chi connectivity index (χ1v) is 10.4. The molecule has 2 aromatic rings. The largest absolute Gasteiger partial charge is 0.508 e. The lowest BCUT2D eigenvalue weighted by atomic mass is 9.55. The molecule has 146 valence electrons. The number of fused-ring (bicyclic) bond motifs is 5. The van der Waals surface area contributed by atoms with Gasteiger partial charge >= 0.3 is 0 Å². The zero-order valence-electron chi connectivity index (χ0n) is 16.9. The summed E-state index contributed by atoms with van der Waals surface area (Å²) >= 11 is 0. The number of nitrogens with zero attached hydrogens (tertiary/aromatic N) is 2. The summed E-state index contributed by atoms with van der Waals surface area (Å²) in [5.41, 5.74) is 5.51. The van der Waals surface area contributed by atoms with Gasteiger partial charge in [0.2, 0.25) is 0 Å². The number of ketones is 1. The monoisotopic (exact) mass is 376 g/mol. The zero-order valence-corrected chi connectivity index (χ0v) is 16.9. The van der Waals surface area contributed by atoms with Crippen LogP contribution in [0, 0.1) is 24.2 Å². The summed E-state index contributed by atoms with van der Waals surface area (Å²) in [6.07, 6.45) is 9.14. The minimum absolute atomic E-state index is 0.225. The molecule has 0 saturated heterocycles. The van der Waals surface area contributed by atoms with Crippen molar-refractivity contribution in [1.29, 1.82) is 0 Å². The van der Waals surface area contributed by atoms with Gasteiger partial charge < -0.3 is 5.11 Å². The van der Waals surface area contributed by atoms with Crippen molar-refractivity contribution in [1.82, 2.24) is 9.78 Å². The first-order valence-electron chi connectivity index (χ1n) is 10.4. The molecule has 0 bridgehead atoms. The van der Waals surface area contributed by atoms with Gasteiger partial charge in [-0.05, 0) is 91.7 Å². The van der Waals surface area contributed by atoms with Crippen molar-refractivity contribution in [3.63, 3.8) is 0 Å². The van der Waals surface area contributed by atoms with Crippen molar-refractivity contribution < 1.29 is 9.90 Å². The molecule has 1 aromatic carbocycles. The molecule has 4 heteroatoms. The molecule has 1 aromatic heterocycles. The highest BCUT2D eigenvalue weighted by molar-refractivity contribution is 6.06. The van der Waals surface area contributed by atoms with Crippen LogP contribution in [-0.2, 0) is 18.3 Å². The van der Waals surface area contributed by atoms with Gasteiger partial charge in [-0.15, -0.1) is 0 Å². The summed E-state index contributed by atoms with van der Waals surface area (Å²) in [6.45, 7) is 4.21. The lowest BCUT2D eigenvalue weighted by Gasteiger charge is -2.48. The summed E-state index contributed by atoms with van der Waals surface area (Å²) < 4.78 is 1.82. The Morgan fingerprint density at radius 1 is 1.32 bits per heavy atom. The number of rotatable bonds is 1. The van der Waals surface area contributed by atoms with Crippen molar-refractivity contribution >= 4 is 11.9 Å². The smallest absolute Gasteiger partial charge is 0.165 e. The van der Waals surface area contributed by atoms with Gasteiger partial charge in [-0.1, -0.05) is 13.0 Å². The van der Waals surface area contributed by atoms with E-state index in [-0.39, 0.29) is 5.41 Å². The van der Waals surface area contributed by atoms with E-state index in [2.05, 4.69) is 24.2 Å². The number of aromatic hydroxyl groups is 1. The van der Waals surface area contributed by atoms with Gasteiger partial charge in [0.25, 0.3) is 0 Å². The highest BCUT2D eigenvalue weighted by Gasteiger charge is 2.56. The van der Waals surface area contributed by atoms with E-state index in [0.717, 1.165) is 48.9 Å². The summed E-state index contributed by atoms with van der Waals surface area (Å²) in [4.78, 5) is 13.4. The topological polar surface area (TPSA) is 55.1 Å². The Morgan fingerprint density at radius 2 is 2.14 bits per heavy atom. The third-order valence-electron chi connectivity index (χ3n) is 7.73. The van der Waals surface area contributed by atoms with Gasteiger partial charge in [-0.25, -0.2) is 0 Å². The highest BCUT2D eigenvalue weighted by Crippen LogP contribution is 2.60. The molecule has 28 heavy (non-hydrogen) atoms. The van der Waals surface area contributed by atoms with Gasteiger partial charge in [-0.2, -0.15) is 5.10 Å². The number of hydrogen-bond acceptors (Lipinski definition) is 3. The SMILES string of the molecule is Cc1nn(C)cc1/C=C1/C[C@H]2[C@H]3CCc4cc(O)ccc4[C@@H]3CC[C@]2(C)C1=O. The lowest BCUT2D eigenvalue weighted by molar-refractivity contribution is -0.127. The van der Waals surface area contributed by atoms with E-state index < -0.39 is 0 Å². The van der Waals surface area contributed by atoms with E-state index in [1.165, 1.54) is 11.1 Å². The number of carbonyl (C=O) groups excluding carboxylic acids is 1. The van der Waals surface area contributed by atoms with E-state index >= 15 is 0 Å². The molecule has 1 heterocycles. The Labute approximate surface area is 166 Å². The molecule has 3 aliphatic carbocycles. The summed E-state index contributed by atoms with van der Waals surface area (Å²) in [7, 11) is 1.93. The molecule has 2 saturated carbocycles. The summed E-state index contributed by atoms with van der Waals surface area (Å²) in [6, 6.07) is 5.89. The van der Waals surface area contributed by atoms with Crippen LogP contribution in [0.25, 0.3) is 6.08 Å². The van der Waals surface area contributed by atoms with Crippen molar-refractivity contribution in [2.75, 3.05) is 0 Å². The van der Waals surface area contributed by atoms with E-state index in [4.69, 9.17) is 0 Å². The Hall–Kier alpha value is -2.36. The number of aromatic nitrogens is 2. The average Bonchev–Trinajstić information content (AvgIpc) is 3.11. The molecule has 0 spiro atoms. The molecular weight excluding hydrogens is 348 g/mol. The predicted molar refractivity (Wildman–Crippen MR) is 109 cm³/mol. The second-order valence-corrected chi connectivity index (χ2v) is 9.30. The summed E-state index contributed by atoms with van der Waals surface area (Å²) in [5, 5.41) is 14.3. The van der Waals surface area contributed by atoms with Crippen LogP contribution in [0.2, 0.25) is 0 Å².